The van der Waals surface area contributed by atoms with Crippen LogP contribution in [0.3, 0.4) is 0 Å². The van der Waals surface area contributed by atoms with Gasteiger partial charge in [0, 0.05) is 12.1 Å². The number of hydrogen-bond donors (Lipinski definition) is 2. The number of carbonyl (C=O) groups excluding carboxylic acids is 1. The molecular formula is C9H16FN3O. The number of halogens is 1. The average molecular weight is 201 g/mol. The fourth-order valence-electron chi connectivity index (χ4n) is 1.76. The van der Waals surface area contributed by atoms with Crippen LogP contribution in [0.1, 0.15) is 19.3 Å². The zero-order chi connectivity index (χ0) is 10.2. The monoisotopic (exact) mass is 201 g/mol. The van der Waals surface area contributed by atoms with Crippen molar-refractivity contribution in [1.82, 2.24) is 10.2 Å². The molecule has 2 fully saturated rings. The SMILES string of the molecule is NC1(CNC(=O)N2CC(F)C2)CCC1. The first-order valence-electron chi connectivity index (χ1n) is 5.05. The van der Waals surface area contributed by atoms with Crippen molar-refractivity contribution in [3.05, 3.63) is 0 Å². The normalized spacial score (nSPS) is 25.1. The fraction of sp³-hybridized carbons (Fsp3) is 0.889. The van der Waals surface area contributed by atoms with Gasteiger partial charge in [0.15, 0.2) is 0 Å². The number of nitrogens with zero attached hydrogens (tertiary/aromatic N) is 1. The molecule has 1 saturated carbocycles. The van der Waals surface area contributed by atoms with E-state index in [4.69, 9.17) is 5.73 Å². The second-order valence-corrected chi connectivity index (χ2v) is 4.38. The predicted octanol–water partition coefficient (Wildman–Crippen LogP) is 0.231. The van der Waals surface area contributed by atoms with Crippen LogP contribution < -0.4 is 11.1 Å². The molecule has 0 aromatic rings. The molecule has 0 radical (unpaired) electrons. The average Bonchev–Trinajstić information content (AvgIpc) is 2.06. The van der Waals surface area contributed by atoms with Crippen LogP contribution in [-0.2, 0) is 0 Å². The molecule has 1 saturated heterocycles. The highest BCUT2D eigenvalue weighted by molar-refractivity contribution is 5.75. The Kier molecular flexibility index (Phi) is 2.34. The van der Waals surface area contributed by atoms with E-state index < -0.39 is 6.17 Å². The Labute approximate surface area is 82.6 Å². The van der Waals surface area contributed by atoms with Gasteiger partial charge in [-0.25, -0.2) is 9.18 Å². The van der Waals surface area contributed by atoms with Gasteiger partial charge in [-0.15, -0.1) is 0 Å². The number of nitrogens with two attached hydrogens (primary N) is 1. The Balaban J connectivity index is 1.68. The lowest BCUT2D eigenvalue weighted by Crippen LogP contribution is -2.60. The molecule has 2 aliphatic rings. The Hall–Kier alpha value is -0.840. The molecule has 1 heterocycles. The highest BCUT2D eigenvalue weighted by Gasteiger charge is 2.35. The Morgan fingerprint density at radius 2 is 2.21 bits per heavy atom. The summed E-state index contributed by atoms with van der Waals surface area (Å²) < 4.78 is 12.4. The zero-order valence-electron chi connectivity index (χ0n) is 8.13. The Morgan fingerprint density at radius 3 is 2.64 bits per heavy atom. The first kappa shape index (κ1) is 9.71. The topological polar surface area (TPSA) is 58.4 Å². The van der Waals surface area contributed by atoms with E-state index in [2.05, 4.69) is 5.32 Å². The summed E-state index contributed by atoms with van der Waals surface area (Å²) in [6.07, 6.45) is 2.25. The van der Waals surface area contributed by atoms with E-state index in [1.807, 2.05) is 0 Å². The van der Waals surface area contributed by atoms with Crippen LogP contribution >= 0.6 is 0 Å². The highest BCUT2D eigenvalue weighted by Crippen LogP contribution is 2.28. The van der Waals surface area contributed by atoms with Gasteiger partial charge in [0.05, 0.1) is 13.1 Å². The quantitative estimate of drug-likeness (QED) is 0.672. The molecule has 4 nitrogen and oxygen atoms in total. The van der Waals surface area contributed by atoms with Gasteiger partial charge in [-0.3, -0.25) is 0 Å². The molecule has 0 unspecified atom stereocenters. The molecule has 14 heavy (non-hydrogen) atoms. The van der Waals surface area contributed by atoms with Gasteiger partial charge in [0.1, 0.15) is 6.17 Å². The van der Waals surface area contributed by atoms with E-state index in [0.717, 1.165) is 19.3 Å². The third kappa shape index (κ3) is 1.82. The first-order chi connectivity index (χ1) is 6.59. The van der Waals surface area contributed by atoms with Crippen molar-refractivity contribution in [1.29, 1.82) is 0 Å². The second-order valence-electron chi connectivity index (χ2n) is 4.38. The number of likely N-dealkylation sites (tertiary alicyclic amines) is 1. The van der Waals surface area contributed by atoms with Crippen molar-refractivity contribution in [2.24, 2.45) is 5.73 Å². The third-order valence-corrected chi connectivity index (χ3v) is 3.07. The Morgan fingerprint density at radius 1 is 1.57 bits per heavy atom. The van der Waals surface area contributed by atoms with Crippen LogP contribution in [0, 0.1) is 0 Å². The van der Waals surface area contributed by atoms with Crippen molar-refractivity contribution in [3.8, 4) is 0 Å². The maximum absolute atomic E-state index is 12.4. The van der Waals surface area contributed by atoms with Gasteiger partial charge in [-0.1, -0.05) is 0 Å². The smallest absolute Gasteiger partial charge is 0.317 e. The number of alkyl halides is 1. The van der Waals surface area contributed by atoms with Gasteiger partial charge in [0.2, 0.25) is 0 Å². The molecule has 5 heteroatoms. The van der Waals surface area contributed by atoms with Crippen molar-refractivity contribution >= 4 is 6.03 Å². The van der Waals surface area contributed by atoms with E-state index in [0.29, 0.717) is 6.54 Å². The second kappa shape index (κ2) is 3.38. The van der Waals surface area contributed by atoms with Gasteiger partial charge in [0.25, 0.3) is 0 Å². The molecule has 0 bridgehead atoms. The number of amides is 2. The number of carbonyl (C=O) groups is 1. The summed E-state index contributed by atoms with van der Waals surface area (Å²) in [5.41, 5.74) is 5.73. The number of nitrogens with one attached hydrogen (secondary N) is 1. The maximum Gasteiger partial charge on any atom is 0.317 e. The van der Waals surface area contributed by atoms with Crippen LogP contribution in [0.5, 0.6) is 0 Å². The predicted molar refractivity (Wildman–Crippen MR) is 50.6 cm³/mol. The van der Waals surface area contributed by atoms with E-state index in [-0.39, 0.29) is 24.7 Å². The van der Waals surface area contributed by atoms with Crippen molar-refractivity contribution < 1.29 is 9.18 Å². The van der Waals surface area contributed by atoms with Crippen molar-refractivity contribution in [2.45, 2.75) is 31.0 Å². The minimum absolute atomic E-state index is 0.185. The minimum atomic E-state index is -0.837. The molecule has 0 spiro atoms. The molecule has 0 aromatic heterocycles. The van der Waals surface area contributed by atoms with Crippen LogP contribution in [-0.4, -0.2) is 42.3 Å². The minimum Gasteiger partial charge on any atom is -0.336 e. The van der Waals surface area contributed by atoms with E-state index in [9.17, 15) is 9.18 Å². The van der Waals surface area contributed by atoms with Gasteiger partial charge < -0.3 is 16.0 Å². The number of urea groups is 1. The number of hydrogen-bond acceptors (Lipinski definition) is 2. The largest absolute Gasteiger partial charge is 0.336 e. The van der Waals surface area contributed by atoms with Gasteiger partial charge in [-0.05, 0) is 19.3 Å². The van der Waals surface area contributed by atoms with Crippen LogP contribution in [0.2, 0.25) is 0 Å². The fourth-order valence-corrected chi connectivity index (χ4v) is 1.76. The summed E-state index contributed by atoms with van der Waals surface area (Å²) in [5.74, 6) is 0. The molecule has 0 aromatic carbocycles. The molecule has 80 valence electrons. The van der Waals surface area contributed by atoms with E-state index in [1.54, 1.807) is 0 Å². The van der Waals surface area contributed by atoms with E-state index in [1.165, 1.54) is 4.90 Å². The molecule has 0 atom stereocenters. The van der Waals surface area contributed by atoms with Gasteiger partial charge >= 0.3 is 6.03 Å². The summed E-state index contributed by atoms with van der Waals surface area (Å²) in [6.45, 7) is 0.964. The van der Waals surface area contributed by atoms with Crippen molar-refractivity contribution in [2.75, 3.05) is 19.6 Å². The summed E-state index contributed by atoms with van der Waals surface area (Å²) in [6, 6.07) is -0.185. The highest BCUT2D eigenvalue weighted by atomic mass is 19.1. The lowest BCUT2D eigenvalue weighted by atomic mass is 9.78. The molecule has 2 amide bonds. The number of rotatable bonds is 2. The van der Waals surface area contributed by atoms with Crippen LogP contribution in [0.25, 0.3) is 0 Å². The third-order valence-electron chi connectivity index (χ3n) is 3.07. The summed E-state index contributed by atoms with van der Waals surface area (Å²) >= 11 is 0. The molecular weight excluding hydrogens is 185 g/mol. The summed E-state index contributed by atoms with van der Waals surface area (Å²) in [7, 11) is 0. The van der Waals surface area contributed by atoms with Crippen LogP contribution in [0.15, 0.2) is 0 Å². The molecule has 1 aliphatic carbocycles. The first-order valence-corrected chi connectivity index (χ1v) is 5.05. The standard InChI is InChI=1S/C9H16FN3O/c10-7-4-13(5-7)8(14)12-6-9(11)2-1-3-9/h7H,1-6,11H2,(H,12,14). The van der Waals surface area contributed by atoms with Gasteiger partial charge in [-0.2, -0.15) is 0 Å². The summed E-state index contributed by atoms with van der Waals surface area (Å²) in [5, 5.41) is 2.74. The lowest BCUT2D eigenvalue weighted by molar-refractivity contribution is 0.0875. The van der Waals surface area contributed by atoms with Crippen LogP contribution in [0.4, 0.5) is 9.18 Å². The molecule has 2 rings (SSSR count). The van der Waals surface area contributed by atoms with Crippen molar-refractivity contribution in [3.63, 3.8) is 0 Å². The maximum atomic E-state index is 12.4. The summed E-state index contributed by atoms with van der Waals surface area (Å²) in [4.78, 5) is 12.8. The molecule has 3 N–H and O–H groups in total. The lowest BCUT2D eigenvalue weighted by Gasteiger charge is -2.40. The Bertz CT molecular complexity index is 236. The van der Waals surface area contributed by atoms with E-state index >= 15 is 0 Å². The molecule has 1 aliphatic heterocycles. The zero-order valence-corrected chi connectivity index (χ0v) is 8.13.